The molecule has 0 bridgehead atoms. The van der Waals surface area contributed by atoms with Crippen molar-refractivity contribution in [3.05, 3.63) is 23.3 Å². The van der Waals surface area contributed by atoms with Gasteiger partial charge < -0.3 is 10.1 Å². The fraction of sp³-hybridized carbons (Fsp3) is 0.538. The Morgan fingerprint density at radius 2 is 2.00 bits per heavy atom. The van der Waals surface area contributed by atoms with Gasteiger partial charge in [0.2, 0.25) is 10.0 Å². The molecule has 0 saturated carbocycles. The van der Waals surface area contributed by atoms with Gasteiger partial charge in [-0.05, 0) is 50.1 Å². The number of sulfonamides is 1. The van der Waals surface area contributed by atoms with Crippen molar-refractivity contribution in [3.8, 4) is 5.75 Å². The van der Waals surface area contributed by atoms with E-state index in [2.05, 4.69) is 10.0 Å². The summed E-state index contributed by atoms with van der Waals surface area (Å²) in [5.41, 5.74) is 1.51. The van der Waals surface area contributed by atoms with Gasteiger partial charge in [0.1, 0.15) is 5.75 Å². The molecule has 5 nitrogen and oxygen atoms in total. The van der Waals surface area contributed by atoms with E-state index in [0.29, 0.717) is 22.8 Å². The minimum atomic E-state index is -3.47. The van der Waals surface area contributed by atoms with Gasteiger partial charge in [-0.15, -0.1) is 12.4 Å². The molecular formula is C13H21ClN2O3S. The third-order valence-corrected chi connectivity index (χ3v) is 5.03. The van der Waals surface area contributed by atoms with Gasteiger partial charge in [0, 0.05) is 12.6 Å². The number of benzene rings is 1. The molecule has 0 amide bonds. The summed E-state index contributed by atoms with van der Waals surface area (Å²) in [5, 5.41) is 3.14. The number of methoxy groups -OCH3 is 1. The molecule has 2 N–H and O–H groups in total. The first-order valence-corrected chi connectivity index (χ1v) is 7.80. The molecule has 114 valence electrons. The third kappa shape index (κ3) is 3.63. The highest BCUT2D eigenvalue weighted by molar-refractivity contribution is 7.89. The first-order chi connectivity index (χ1) is 8.94. The van der Waals surface area contributed by atoms with Crippen molar-refractivity contribution >= 4 is 22.4 Å². The van der Waals surface area contributed by atoms with E-state index < -0.39 is 10.0 Å². The Hall–Kier alpha value is -0.820. The van der Waals surface area contributed by atoms with E-state index >= 15 is 0 Å². The average molecular weight is 321 g/mol. The summed E-state index contributed by atoms with van der Waals surface area (Å²) in [6.07, 6.45) is 0.827. The van der Waals surface area contributed by atoms with E-state index in [1.54, 1.807) is 26.2 Å². The van der Waals surface area contributed by atoms with Crippen molar-refractivity contribution in [2.45, 2.75) is 31.2 Å². The predicted molar refractivity (Wildman–Crippen MR) is 81.3 cm³/mol. The highest BCUT2D eigenvalue weighted by atomic mass is 35.5. The van der Waals surface area contributed by atoms with Crippen LogP contribution in [0.4, 0.5) is 0 Å². The zero-order valence-corrected chi connectivity index (χ0v) is 13.5. The van der Waals surface area contributed by atoms with Crippen molar-refractivity contribution in [3.63, 3.8) is 0 Å². The lowest BCUT2D eigenvalue weighted by Gasteiger charge is -2.15. The van der Waals surface area contributed by atoms with Gasteiger partial charge >= 0.3 is 0 Å². The molecule has 0 spiro atoms. The molecule has 7 heteroatoms. The molecule has 1 heterocycles. The van der Waals surface area contributed by atoms with Gasteiger partial charge in [0.25, 0.3) is 0 Å². The maximum atomic E-state index is 12.4. The Labute approximate surface area is 126 Å². The second-order valence-electron chi connectivity index (χ2n) is 4.90. The lowest BCUT2D eigenvalue weighted by Crippen LogP contribution is -2.36. The van der Waals surface area contributed by atoms with Crippen molar-refractivity contribution in [2.24, 2.45) is 0 Å². The van der Waals surface area contributed by atoms with Crippen LogP contribution >= 0.6 is 12.4 Å². The summed E-state index contributed by atoms with van der Waals surface area (Å²) in [4.78, 5) is 0.331. The molecule has 0 radical (unpaired) electrons. The molecule has 1 aromatic carbocycles. The Kier molecular flexibility index (Phi) is 5.82. The summed E-state index contributed by atoms with van der Waals surface area (Å²) in [7, 11) is -1.89. The number of nitrogens with one attached hydrogen (secondary N) is 2. The molecular weight excluding hydrogens is 300 g/mol. The maximum absolute atomic E-state index is 12.4. The van der Waals surface area contributed by atoms with Gasteiger partial charge in [-0.1, -0.05) is 0 Å². The van der Waals surface area contributed by atoms with Gasteiger partial charge in [0.15, 0.2) is 0 Å². The zero-order chi connectivity index (χ0) is 14.0. The second kappa shape index (κ2) is 6.76. The molecule has 0 aliphatic carbocycles. The molecule has 1 aliphatic heterocycles. The summed E-state index contributed by atoms with van der Waals surface area (Å²) >= 11 is 0. The largest absolute Gasteiger partial charge is 0.496 e. The molecule has 1 aromatic rings. The predicted octanol–water partition coefficient (Wildman–Crippen LogP) is 1.37. The number of halogens is 1. The zero-order valence-electron chi connectivity index (χ0n) is 11.9. The topological polar surface area (TPSA) is 67.4 Å². The lowest BCUT2D eigenvalue weighted by atomic mass is 10.1. The first-order valence-electron chi connectivity index (χ1n) is 6.32. The van der Waals surface area contributed by atoms with E-state index in [0.717, 1.165) is 18.5 Å². The van der Waals surface area contributed by atoms with Crippen LogP contribution in [-0.4, -0.2) is 34.7 Å². The summed E-state index contributed by atoms with van der Waals surface area (Å²) < 4.78 is 32.7. The number of rotatable bonds is 4. The van der Waals surface area contributed by atoms with E-state index in [-0.39, 0.29) is 18.4 Å². The molecule has 1 fully saturated rings. The number of hydrogen-bond acceptors (Lipinski definition) is 4. The van der Waals surface area contributed by atoms with Crippen LogP contribution in [0.1, 0.15) is 17.5 Å². The van der Waals surface area contributed by atoms with Crippen molar-refractivity contribution in [1.82, 2.24) is 10.0 Å². The van der Waals surface area contributed by atoms with Crippen LogP contribution < -0.4 is 14.8 Å². The normalized spacial score (nSPS) is 18.6. The van der Waals surface area contributed by atoms with Crippen LogP contribution in [0.15, 0.2) is 17.0 Å². The quantitative estimate of drug-likeness (QED) is 0.879. The lowest BCUT2D eigenvalue weighted by molar-refractivity contribution is 0.411. The first kappa shape index (κ1) is 17.2. The molecule has 0 aromatic heterocycles. The smallest absolute Gasteiger partial charge is 0.241 e. The highest BCUT2D eigenvalue weighted by Crippen LogP contribution is 2.25. The van der Waals surface area contributed by atoms with Crippen LogP contribution in [0, 0.1) is 13.8 Å². The Bertz CT molecular complexity index is 569. The highest BCUT2D eigenvalue weighted by Gasteiger charge is 2.24. The Morgan fingerprint density at radius 3 is 2.55 bits per heavy atom. The maximum Gasteiger partial charge on any atom is 0.241 e. The second-order valence-corrected chi connectivity index (χ2v) is 6.58. The number of aryl methyl sites for hydroxylation is 2. The summed E-state index contributed by atoms with van der Waals surface area (Å²) in [6.45, 7) is 5.17. The molecule has 20 heavy (non-hydrogen) atoms. The minimum absolute atomic E-state index is 0. The van der Waals surface area contributed by atoms with Crippen LogP contribution in [0.2, 0.25) is 0 Å². The van der Waals surface area contributed by atoms with E-state index in [1.807, 2.05) is 6.92 Å². The van der Waals surface area contributed by atoms with Crippen molar-refractivity contribution in [1.29, 1.82) is 0 Å². The van der Waals surface area contributed by atoms with Gasteiger partial charge in [0.05, 0.1) is 12.0 Å². The summed E-state index contributed by atoms with van der Waals surface area (Å²) in [6, 6.07) is 3.40. The summed E-state index contributed by atoms with van der Waals surface area (Å²) in [5.74, 6) is 0.707. The molecule has 1 atom stereocenters. The minimum Gasteiger partial charge on any atom is -0.496 e. The van der Waals surface area contributed by atoms with E-state index in [4.69, 9.17) is 4.74 Å². The number of hydrogen-bond donors (Lipinski definition) is 2. The van der Waals surface area contributed by atoms with Gasteiger partial charge in [-0.25, -0.2) is 13.1 Å². The SMILES string of the molecule is COc1cc(C)c(S(=O)(=O)NC2CCNC2)cc1C.Cl. The van der Waals surface area contributed by atoms with Crippen molar-refractivity contribution in [2.75, 3.05) is 20.2 Å². The molecule has 2 rings (SSSR count). The molecule has 1 aliphatic rings. The Morgan fingerprint density at radius 1 is 1.30 bits per heavy atom. The van der Waals surface area contributed by atoms with Gasteiger partial charge in [-0.3, -0.25) is 0 Å². The van der Waals surface area contributed by atoms with Gasteiger partial charge in [-0.2, -0.15) is 0 Å². The van der Waals surface area contributed by atoms with Crippen LogP contribution in [0.25, 0.3) is 0 Å². The van der Waals surface area contributed by atoms with Crippen LogP contribution in [0.5, 0.6) is 5.75 Å². The standard InChI is InChI=1S/C13H20N2O3S.ClH/c1-9-7-13(10(2)6-12(9)18-3)19(16,17)15-11-4-5-14-8-11;/h6-7,11,14-15H,4-5,8H2,1-3H3;1H. The van der Waals surface area contributed by atoms with Crippen LogP contribution in [-0.2, 0) is 10.0 Å². The fourth-order valence-corrected chi connectivity index (χ4v) is 3.89. The number of ether oxygens (including phenoxy) is 1. The van der Waals surface area contributed by atoms with E-state index in [9.17, 15) is 8.42 Å². The van der Waals surface area contributed by atoms with Crippen molar-refractivity contribution < 1.29 is 13.2 Å². The van der Waals surface area contributed by atoms with Crippen LogP contribution in [0.3, 0.4) is 0 Å². The monoisotopic (exact) mass is 320 g/mol. The van der Waals surface area contributed by atoms with E-state index in [1.165, 1.54) is 0 Å². The molecule has 1 unspecified atom stereocenters. The fourth-order valence-electron chi connectivity index (χ4n) is 2.31. The average Bonchev–Trinajstić information content (AvgIpc) is 2.83. The third-order valence-electron chi connectivity index (χ3n) is 3.36. The Balaban J connectivity index is 0.00000200. The molecule has 1 saturated heterocycles.